The summed E-state index contributed by atoms with van der Waals surface area (Å²) in [7, 11) is 0. The van der Waals surface area contributed by atoms with Gasteiger partial charge in [-0.3, -0.25) is 9.78 Å². The van der Waals surface area contributed by atoms with E-state index in [2.05, 4.69) is 10.3 Å². The zero-order chi connectivity index (χ0) is 19.6. The Balaban J connectivity index is 1.43. The fraction of sp³-hybridized carbons (Fsp3) is 0.429. The lowest BCUT2D eigenvalue weighted by molar-refractivity contribution is -0.137. The fourth-order valence-corrected chi connectivity index (χ4v) is 4.97. The Labute approximate surface area is 160 Å². The van der Waals surface area contributed by atoms with Crippen LogP contribution in [0.2, 0.25) is 0 Å². The van der Waals surface area contributed by atoms with Crippen LogP contribution in [0.25, 0.3) is 0 Å². The Bertz CT molecular complexity index is 945. The van der Waals surface area contributed by atoms with Crippen molar-refractivity contribution in [1.29, 1.82) is 0 Å². The first-order valence-corrected chi connectivity index (χ1v) is 9.39. The number of hydrogen-bond acceptors (Lipinski definition) is 3. The van der Waals surface area contributed by atoms with Gasteiger partial charge in [0.1, 0.15) is 0 Å². The number of amides is 1. The lowest BCUT2D eigenvalue weighted by Crippen LogP contribution is -2.37. The van der Waals surface area contributed by atoms with Gasteiger partial charge in [0.05, 0.1) is 23.7 Å². The number of benzene rings is 1. The molecule has 1 aromatic carbocycles. The van der Waals surface area contributed by atoms with Gasteiger partial charge < -0.3 is 10.1 Å². The maximum absolute atomic E-state index is 13.1. The molecule has 146 valence electrons. The molecule has 0 radical (unpaired) electrons. The van der Waals surface area contributed by atoms with Crippen LogP contribution in [0.3, 0.4) is 0 Å². The number of pyridine rings is 1. The summed E-state index contributed by atoms with van der Waals surface area (Å²) >= 11 is 0. The van der Waals surface area contributed by atoms with Crippen LogP contribution >= 0.6 is 0 Å². The lowest BCUT2D eigenvalue weighted by atomic mass is 9.75. The molecule has 0 unspecified atom stereocenters. The molecule has 2 bridgehead atoms. The van der Waals surface area contributed by atoms with Gasteiger partial charge >= 0.3 is 6.18 Å². The monoisotopic (exact) mass is 388 g/mol. The van der Waals surface area contributed by atoms with Gasteiger partial charge in [0.25, 0.3) is 0 Å². The van der Waals surface area contributed by atoms with Crippen LogP contribution in [-0.4, -0.2) is 23.1 Å². The Hall–Kier alpha value is -2.41. The normalized spacial score (nSPS) is 32.9. The Kier molecular flexibility index (Phi) is 3.81. The number of fused-ring (bicyclic) bond motifs is 5. The lowest BCUT2D eigenvalue weighted by Gasteiger charge is -2.27. The van der Waals surface area contributed by atoms with Gasteiger partial charge in [0.2, 0.25) is 5.91 Å². The van der Waals surface area contributed by atoms with E-state index >= 15 is 0 Å². The maximum atomic E-state index is 13.1. The van der Waals surface area contributed by atoms with Crippen molar-refractivity contribution in [1.82, 2.24) is 4.98 Å². The molecule has 7 heteroatoms. The number of alkyl halides is 3. The summed E-state index contributed by atoms with van der Waals surface area (Å²) in [6.07, 6.45) is -1.84. The molecular formula is C21H19F3N2O2. The fourth-order valence-electron chi connectivity index (χ4n) is 4.97. The Morgan fingerprint density at radius 3 is 2.71 bits per heavy atom. The number of carbonyl (C=O) groups excluding carboxylic acids is 1. The highest BCUT2D eigenvalue weighted by Gasteiger charge is 2.68. The van der Waals surface area contributed by atoms with E-state index in [1.807, 2.05) is 19.1 Å². The molecular weight excluding hydrogens is 369 g/mol. The number of halogens is 3. The van der Waals surface area contributed by atoms with E-state index in [-0.39, 0.29) is 29.7 Å². The van der Waals surface area contributed by atoms with E-state index in [0.29, 0.717) is 11.8 Å². The smallest absolute Gasteiger partial charge is 0.373 e. The quantitative estimate of drug-likeness (QED) is 0.859. The molecule has 1 aliphatic carbocycles. The summed E-state index contributed by atoms with van der Waals surface area (Å²) in [6, 6.07) is 8.62. The van der Waals surface area contributed by atoms with Crippen LogP contribution in [0.5, 0.6) is 0 Å². The van der Waals surface area contributed by atoms with Crippen molar-refractivity contribution in [2.24, 2.45) is 17.8 Å². The maximum Gasteiger partial charge on any atom is 0.416 e. The third kappa shape index (κ3) is 2.80. The zero-order valence-electron chi connectivity index (χ0n) is 15.1. The van der Waals surface area contributed by atoms with Crippen molar-refractivity contribution in [3.63, 3.8) is 0 Å². The van der Waals surface area contributed by atoms with Crippen LogP contribution in [0.15, 0.2) is 42.6 Å². The SMILES string of the molecule is Cc1cc([C@H]2[C@H]3O[C@H]([C@@H]4C[C@@H]43)[C@@H]2C(=O)Nc2cccc(C(F)(F)F)c2)ccn1. The second-order valence-corrected chi connectivity index (χ2v) is 7.98. The molecule has 2 saturated heterocycles. The first kappa shape index (κ1) is 17.7. The number of nitrogens with zero attached hydrogens (tertiary/aromatic N) is 1. The van der Waals surface area contributed by atoms with E-state index in [4.69, 9.17) is 4.74 Å². The highest BCUT2D eigenvalue weighted by Crippen LogP contribution is 2.65. The average molecular weight is 388 g/mol. The molecule has 28 heavy (non-hydrogen) atoms. The molecule has 5 rings (SSSR count). The minimum atomic E-state index is -4.45. The van der Waals surface area contributed by atoms with Crippen molar-refractivity contribution >= 4 is 11.6 Å². The second-order valence-electron chi connectivity index (χ2n) is 7.98. The van der Waals surface area contributed by atoms with Gasteiger partial charge in [-0.1, -0.05) is 6.07 Å². The third-order valence-electron chi connectivity index (χ3n) is 6.21. The van der Waals surface area contributed by atoms with Crippen LogP contribution in [0, 0.1) is 24.7 Å². The average Bonchev–Trinajstić information content (AvgIpc) is 3.25. The van der Waals surface area contributed by atoms with E-state index in [9.17, 15) is 18.0 Å². The van der Waals surface area contributed by atoms with Crippen LogP contribution in [-0.2, 0) is 15.7 Å². The minimum Gasteiger partial charge on any atom is -0.373 e. The number of aryl methyl sites for hydroxylation is 1. The second kappa shape index (κ2) is 6.04. The molecule has 2 aromatic rings. The summed E-state index contributed by atoms with van der Waals surface area (Å²) in [5.41, 5.74) is 1.25. The zero-order valence-corrected chi connectivity index (χ0v) is 15.1. The molecule has 3 fully saturated rings. The molecule has 3 aliphatic rings. The van der Waals surface area contributed by atoms with Gasteiger partial charge in [-0.2, -0.15) is 13.2 Å². The van der Waals surface area contributed by atoms with Gasteiger partial charge in [0.15, 0.2) is 0 Å². The summed E-state index contributed by atoms with van der Waals surface area (Å²) in [6.45, 7) is 1.90. The molecule has 2 aliphatic heterocycles. The molecule has 1 amide bonds. The molecule has 1 N–H and O–H groups in total. The predicted molar refractivity (Wildman–Crippen MR) is 95.5 cm³/mol. The molecule has 6 atom stereocenters. The van der Waals surface area contributed by atoms with Gasteiger partial charge in [-0.15, -0.1) is 0 Å². The molecule has 1 aromatic heterocycles. The number of anilines is 1. The largest absolute Gasteiger partial charge is 0.416 e. The standard InChI is InChI=1S/C21H19F3N2O2/c1-10-7-11(5-6-25-10)16-17(19-15-9-14(15)18(16)28-19)20(27)26-13-4-2-3-12(8-13)21(22,23)24/h2-8,14-19H,9H2,1H3,(H,26,27)/t14-,15+,16+,17+,18-,19+/m0/s1. The van der Waals surface area contributed by atoms with Crippen LogP contribution in [0.4, 0.5) is 18.9 Å². The van der Waals surface area contributed by atoms with Crippen molar-refractivity contribution < 1.29 is 22.7 Å². The number of ether oxygens (including phenoxy) is 1. The molecule has 3 heterocycles. The highest BCUT2D eigenvalue weighted by atomic mass is 19.4. The summed E-state index contributed by atoms with van der Waals surface area (Å²) in [5.74, 6) is 0.0884. The van der Waals surface area contributed by atoms with Crippen LogP contribution < -0.4 is 5.32 Å². The summed E-state index contributed by atoms with van der Waals surface area (Å²) in [5, 5.41) is 2.70. The van der Waals surface area contributed by atoms with Gasteiger partial charge in [-0.05, 0) is 61.1 Å². The highest BCUT2D eigenvalue weighted by molar-refractivity contribution is 5.94. The third-order valence-corrected chi connectivity index (χ3v) is 6.21. The van der Waals surface area contributed by atoms with E-state index in [1.165, 1.54) is 12.1 Å². The van der Waals surface area contributed by atoms with Crippen LogP contribution in [0.1, 0.15) is 29.2 Å². The first-order chi connectivity index (χ1) is 13.3. The molecule has 1 saturated carbocycles. The first-order valence-electron chi connectivity index (χ1n) is 9.39. The number of carbonyl (C=O) groups is 1. The minimum absolute atomic E-state index is 0.00550. The van der Waals surface area contributed by atoms with E-state index in [1.54, 1.807) is 6.20 Å². The van der Waals surface area contributed by atoms with E-state index in [0.717, 1.165) is 29.8 Å². The summed E-state index contributed by atoms with van der Waals surface area (Å²) < 4.78 is 45.0. The van der Waals surface area contributed by atoms with Crippen molar-refractivity contribution in [2.75, 3.05) is 5.32 Å². The molecule has 4 nitrogen and oxygen atoms in total. The number of rotatable bonds is 3. The van der Waals surface area contributed by atoms with E-state index < -0.39 is 17.7 Å². The van der Waals surface area contributed by atoms with Crippen molar-refractivity contribution in [2.45, 2.75) is 37.6 Å². The predicted octanol–water partition coefficient (Wildman–Crippen LogP) is 4.16. The Morgan fingerprint density at radius 1 is 1.18 bits per heavy atom. The number of hydrogen-bond donors (Lipinski definition) is 1. The Morgan fingerprint density at radius 2 is 1.96 bits per heavy atom. The summed E-state index contributed by atoms with van der Waals surface area (Å²) in [4.78, 5) is 17.3. The number of aromatic nitrogens is 1. The van der Waals surface area contributed by atoms with Crippen molar-refractivity contribution in [3.05, 3.63) is 59.4 Å². The molecule has 0 spiro atoms. The topological polar surface area (TPSA) is 51.2 Å². The van der Waals surface area contributed by atoms with Crippen molar-refractivity contribution in [3.8, 4) is 0 Å². The van der Waals surface area contributed by atoms with Gasteiger partial charge in [-0.25, -0.2) is 0 Å². The van der Waals surface area contributed by atoms with Gasteiger partial charge in [0, 0.05) is 23.5 Å². The number of nitrogens with one attached hydrogen (secondary N) is 1.